The second-order valence-corrected chi connectivity index (χ2v) is 9.57. The fourth-order valence-electron chi connectivity index (χ4n) is 5.41. The molecule has 1 fully saturated rings. The molecule has 4 aromatic heterocycles. The van der Waals surface area contributed by atoms with E-state index in [1.54, 1.807) is 12.4 Å². The Labute approximate surface area is 208 Å². The third-order valence-corrected chi connectivity index (χ3v) is 7.32. The molecule has 0 aliphatic heterocycles. The maximum atomic E-state index is 11.7. The first-order chi connectivity index (χ1) is 17.5. The van der Waals surface area contributed by atoms with Crippen LogP contribution in [0.5, 0.6) is 0 Å². The molecule has 8 heteroatoms. The topological polar surface area (TPSA) is 125 Å². The molecule has 8 nitrogen and oxygen atoms in total. The van der Waals surface area contributed by atoms with Crippen LogP contribution in [0.25, 0.3) is 39.1 Å². The number of carbonyl (C=O) groups excluding carboxylic acids is 1. The predicted molar refractivity (Wildman–Crippen MR) is 140 cm³/mol. The summed E-state index contributed by atoms with van der Waals surface area (Å²) < 4.78 is 2.06. The van der Waals surface area contributed by atoms with Crippen LogP contribution in [0.2, 0.25) is 0 Å². The van der Waals surface area contributed by atoms with Crippen LogP contribution >= 0.6 is 0 Å². The zero-order valence-corrected chi connectivity index (χ0v) is 20.1. The zero-order chi connectivity index (χ0) is 24.8. The normalized spacial score (nSPS) is 18.0. The van der Waals surface area contributed by atoms with Crippen molar-refractivity contribution in [3.63, 3.8) is 0 Å². The molecule has 1 aromatic carbocycles. The molecule has 5 aromatic rings. The zero-order valence-electron chi connectivity index (χ0n) is 20.1. The first-order valence-electron chi connectivity index (χ1n) is 12.2. The van der Waals surface area contributed by atoms with Gasteiger partial charge in [-0.2, -0.15) is 0 Å². The van der Waals surface area contributed by atoms with Crippen LogP contribution < -0.4 is 11.5 Å². The highest BCUT2D eigenvalue weighted by Crippen LogP contribution is 2.39. The minimum absolute atomic E-state index is 0.0539. The van der Waals surface area contributed by atoms with Crippen molar-refractivity contribution >= 4 is 28.1 Å². The van der Waals surface area contributed by atoms with Gasteiger partial charge in [0, 0.05) is 41.4 Å². The smallest absolute Gasteiger partial charge is 0.220 e. The number of fused-ring (bicyclic) bond motifs is 2. The van der Waals surface area contributed by atoms with Crippen molar-refractivity contribution in [1.29, 1.82) is 0 Å². The number of hydrogen-bond donors (Lipinski definition) is 2. The molecule has 0 atom stereocenters. The Bertz CT molecular complexity index is 1600. The van der Waals surface area contributed by atoms with E-state index in [2.05, 4.69) is 45.6 Å². The summed E-state index contributed by atoms with van der Waals surface area (Å²) >= 11 is 0. The number of carbonyl (C=O) groups is 1. The van der Waals surface area contributed by atoms with Crippen molar-refractivity contribution in [2.75, 3.05) is 5.73 Å². The standard InChI is InChI=1S/C28H27N7O/c1-16-14-23(21-4-2-3-11-31-21)33-22-15-19(9-10-20(16)22)24-25-26(29)32-12-13-35(25)28(34-24)18-7-5-17(6-8-18)27(30)36/h2-4,9-15,17-18H,5-8H2,1H3,(H2,29,32)(H2,30,36). The lowest BCUT2D eigenvalue weighted by molar-refractivity contribution is -0.122. The quantitative estimate of drug-likeness (QED) is 0.388. The molecule has 36 heavy (non-hydrogen) atoms. The van der Waals surface area contributed by atoms with Crippen molar-refractivity contribution in [3.8, 4) is 22.6 Å². The minimum Gasteiger partial charge on any atom is -0.382 e. The largest absolute Gasteiger partial charge is 0.382 e. The van der Waals surface area contributed by atoms with Gasteiger partial charge in [0.25, 0.3) is 0 Å². The number of pyridine rings is 2. The number of aromatic nitrogens is 5. The van der Waals surface area contributed by atoms with Crippen LogP contribution in [0.4, 0.5) is 5.82 Å². The van der Waals surface area contributed by atoms with Gasteiger partial charge in [-0.1, -0.05) is 18.2 Å². The molecule has 0 radical (unpaired) electrons. The molecule has 1 saturated carbocycles. The lowest BCUT2D eigenvalue weighted by Gasteiger charge is -2.25. The highest BCUT2D eigenvalue weighted by molar-refractivity contribution is 5.92. The van der Waals surface area contributed by atoms with Crippen LogP contribution in [0.3, 0.4) is 0 Å². The van der Waals surface area contributed by atoms with Gasteiger partial charge in [0.1, 0.15) is 22.9 Å². The Hall–Kier alpha value is -4.33. The van der Waals surface area contributed by atoms with Crippen LogP contribution in [-0.2, 0) is 4.79 Å². The average molecular weight is 478 g/mol. The van der Waals surface area contributed by atoms with Crippen molar-refractivity contribution in [1.82, 2.24) is 24.3 Å². The molecule has 6 rings (SSSR count). The number of benzene rings is 1. The van der Waals surface area contributed by atoms with Gasteiger partial charge in [-0.3, -0.25) is 14.2 Å². The second kappa shape index (κ2) is 8.71. The van der Waals surface area contributed by atoms with Crippen LogP contribution in [-0.4, -0.2) is 30.2 Å². The maximum Gasteiger partial charge on any atom is 0.220 e. The molecule has 1 aliphatic carbocycles. The molecule has 1 amide bonds. The minimum atomic E-state index is -0.209. The first kappa shape index (κ1) is 22.2. The molecule has 4 heterocycles. The van der Waals surface area contributed by atoms with E-state index in [4.69, 9.17) is 21.4 Å². The number of nitrogens with two attached hydrogens (primary N) is 2. The third-order valence-electron chi connectivity index (χ3n) is 7.32. The Kier molecular flexibility index (Phi) is 5.36. The van der Waals surface area contributed by atoms with Crippen molar-refractivity contribution in [2.45, 2.75) is 38.5 Å². The van der Waals surface area contributed by atoms with Crippen molar-refractivity contribution in [2.24, 2.45) is 11.7 Å². The summed E-state index contributed by atoms with van der Waals surface area (Å²) in [6, 6.07) is 14.1. The summed E-state index contributed by atoms with van der Waals surface area (Å²) in [5, 5.41) is 1.08. The summed E-state index contributed by atoms with van der Waals surface area (Å²) in [6.45, 7) is 2.09. The summed E-state index contributed by atoms with van der Waals surface area (Å²) in [6.07, 6.45) is 8.68. The monoisotopic (exact) mass is 477 g/mol. The average Bonchev–Trinajstić information content (AvgIpc) is 3.30. The van der Waals surface area contributed by atoms with E-state index in [0.29, 0.717) is 5.82 Å². The SMILES string of the molecule is Cc1cc(-c2ccccn2)nc2cc(-c3nc(C4CCC(C(N)=O)CC4)n4ccnc(N)c34)ccc12. The fraction of sp³-hybridized carbons (Fsp3) is 0.250. The van der Waals surface area contributed by atoms with Gasteiger partial charge < -0.3 is 11.5 Å². The summed E-state index contributed by atoms with van der Waals surface area (Å²) in [4.78, 5) is 30.5. The van der Waals surface area contributed by atoms with Gasteiger partial charge in [0.2, 0.25) is 5.91 Å². The number of hydrogen-bond acceptors (Lipinski definition) is 6. The van der Waals surface area contributed by atoms with Gasteiger partial charge in [0.15, 0.2) is 0 Å². The van der Waals surface area contributed by atoms with Gasteiger partial charge in [-0.15, -0.1) is 0 Å². The van der Waals surface area contributed by atoms with E-state index in [9.17, 15) is 4.79 Å². The Morgan fingerprint density at radius 1 is 0.972 bits per heavy atom. The first-order valence-corrected chi connectivity index (χ1v) is 12.2. The van der Waals surface area contributed by atoms with E-state index >= 15 is 0 Å². The Morgan fingerprint density at radius 2 is 1.81 bits per heavy atom. The Morgan fingerprint density at radius 3 is 2.56 bits per heavy atom. The molecule has 0 spiro atoms. The molecular formula is C28H27N7O. The van der Waals surface area contributed by atoms with E-state index in [1.807, 2.05) is 24.4 Å². The molecular weight excluding hydrogens is 450 g/mol. The van der Waals surface area contributed by atoms with Crippen LogP contribution in [0.1, 0.15) is 43.0 Å². The fourth-order valence-corrected chi connectivity index (χ4v) is 5.41. The number of nitrogen functional groups attached to an aromatic ring is 1. The summed E-state index contributed by atoms with van der Waals surface area (Å²) in [5.74, 6) is 1.34. The molecule has 4 N–H and O–H groups in total. The van der Waals surface area contributed by atoms with E-state index in [0.717, 1.165) is 76.1 Å². The number of aryl methyl sites for hydroxylation is 1. The van der Waals surface area contributed by atoms with Gasteiger partial charge in [-0.25, -0.2) is 15.0 Å². The molecule has 0 saturated heterocycles. The summed E-state index contributed by atoms with van der Waals surface area (Å²) in [7, 11) is 0. The van der Waals surface area contributed by atoms with Gasteiger partial charge in [0.05, 0.1) is 16.9 Å². The number of rotatable bonds is 4. The number of nitrogens with zero attached hydrogens (tertiary/aromatic N) is 5. The third kappa shape index (κ3) is 3.75. The second-order valence-electron chi connectivity index (χ2n) is 9.57. The predicted octanol–water partition coefficient (Wildman–Crippen LogP) is 4.66. The van der Waals surface area contributed by atoms with E-state index in [1.165, 1.54) is 0 Å². The highest BCUT2D eigenvalue weighted by atomic mass is 16.1. The van der Waals surface area contributed by atoms with Crippen LogP contribution in [0.15, 0.2) is 61.1 Å². The highest BCUT2D eigenvalue weighted by Gasteiger charge is 2.29. The molecule has 0 unspecified atom stereocenters. The molecule has 180 valence electrons. The number of imidazole rings is 1. The number of anilines is 1. The van der Waals surface area contributed by atoms with Crippen molar-refractivity contribution in [3.05, 3.63) is 72.4 Å². The van der Waals surface area contributed by atoms with Gasteiger partial charge in [-0.05, 0) is 62.4 Å². The maximum absolute atomic E-state index is 11.7. The Balaban J connectivity index is 1.47. The molecule has 0 bridgehead atoms. The summed E-state index contributed by atoms with van der Waals surface area (Å²) in [5.41, 5.74) is 18.1. The van der Waals surface area contributed by atoms with Crippen molar-refractivity contribution < 1.29 is 4.79 Å². The van der Waals surface area contributed by atoms with Gasteiger partial charge >= 0.3 is 0 Å². The van der Waals surface area contributed by atoms with Crippen LogP contribution in [0, 0.1) is 12.8 Å². The number of primary amides is 1. The molecule has 1 aliphatic rings. The van der Waals surface area contributed by atoms with E-state index in [-0.39, 0.29) is 17.7 Å². The lowest BCUT2D eigenvalue weighted by atomic mass is 9.81. The number of amides is 1. The lowest BCUT2D eigenvalue weighted by Crippen LogP contribution is -2.27. The van der Waals surface area contributed by atoms with E-state index < -0.39 is 0 Å².